The molecule has 0 amide bonds. The minimum absolute atomic E-state index is 0.589. The average molecular weight is 181 g/mol. The van der Waals surface area contributed by atoms with Gasteiger partial charge < -0.3 is 5.73 Å². The van der Waals surface area contributed by atoms with Crippen LogP contribution in [0.5, 0.6) is 0 Å². The Balaban J connectivity index is 1.91. The molecule has 13 heavy (non-hydrogen) atoms. The second-order valence-electron chi connectivity index (χ2n) is 5.75. The van der Waals surface area contributed by atoms with Gasteiger partial charge in [0.25, 0.3) is 0 Å². The Labute approximate surface area is 82.1 Å². The second kappa shape index (κ2) is 3.27. The molecule has 0 aromatic carbocycles. The predicted molar refractivity (Wildman–Crippen MR) is 56.5 cm³/mol. The lowest BCUT2D eigenvalue weighted by atomic mass is 9.69. The highest BCUT2D eigenvalue weighted by Gasteiger charge is 2.46. The van der Waals surface area contributed by atoms with E-state index in [4.69, 9.17) is 5.73 Å². The van der Waals surface area contributed by atoms with Gasteiger partial charge in [-0.1, -0.05) is 26.2 Å². The monoisotopic (exact) mass is 181 g/mol. The molecule has 0 bridgehead atoms. The van der Waals surface area contributed by atoms with Crippen molar-refractivity contribution in [2.24, 2.45) is 16.6 Å². The number of hydrogen-bond donors (Lipinski definition) is 1. The van der Waals surface area contributed by atoms with Crippen molar-refractivity contribution in [1.82, 2.24) is 0 Å². The van der Waals surface area contributed by atoms with E-state index in [1.165, 1.54) is 51.4 Å². The van der Waals surface area contributed by atoms with Crippen LogP contribution in [-0.2, 0) is 0 Å². The molecule has 2 aliphatic rings. The van der Waals surface area contributed by atoms with Gasteiger partial charge in [0.05, 0.1) is 0 Å². The fourth-order valence-electron chi connectivity index (χ4n) is 3.12. The van der Waals surface area contributed by atoms with Crippen LogP contribution in [0.1, 0.15) is 58.3 Å². The van der Waals surface area contributed by atoms with Gasteiger partial charge in [-0.3, -0.25) is 0 Å². The van der Waals surface area contributed by atoms with Crippen LogP contribution >= 0.6 is 0 Å². The third-order valence-corrected chi connectivity index (χ3v) is 4.25. The summed E-state index contributed by atoms with van der Waals surface area (Å²) in [5.41, 5.74) is 7.08. The molecule has 1 heteroatoms. The molecule has 76 valence electrons. The quantitative estimate of drug-likeness (QED) is 0.711. The first-order chi connectivity index (χ1) is 6.18. The maximum atomic E-state index is 5.84. The lowest BCUT2D eigenvalue weighted by Crippen LogP contribution is -2.28. The minimum atomic E-state index is 0.589. The fourth-order valence-corrected chi connectivity index (χ4v) is 3.12. The van der Waals surface area contributed by atoms with Gasteiger partial charge in [0.1, 0.15) is 0 Å². The van der Waals surface area contributed by atoms with E-state index < -0.39 is 0 Å². The third-order valence-electron chi connectivity index (χ3n) is 4.25. The topological polar surface area (TPSA) is 26.0 Å². The maximum Gasteiger partial charge on any atom is -0.00203 e. The van der Waals surface area contributed by atoms with Crippen LogP contribution in [0.25, 0.3) is 0 Å². The van der Waals surface area contributed by atoms with E-state index in [1.807, 2.05) is 0 Å². The zero-order valence-electron chi connectivity index (χ0n) is 8.94. The molecule has 2 saturated carbocycles. The predicted octanol–water partition coefficient (Wildman–Crippen LogP) is 3.09. The molecule has 1 nitrogen and oxygen atoms in total. The number of nitrogens with two attached hydrogens (primary N) is 1. The molecule has 2 fully saturated rings. The van der Waals surface area contributed by atoms with Gasteiger partial charge in [0, 0.05) is 0 Å². The lowest BCUT2D eigenvalue weighted by Gasteiger charge is -2.36. The Morgan fingerprint density at radius 1 is 1.00 bits per heavy atom. The first-order valence-electron chi connectivity index (χ1n) is 5.88. The average Bonchev–Trinajstić information content (AvgIpc) is 2.86. The zero-order valence-corrected chi connectivity index (χ0v) is 8.94. The Bertz CT molecular complexity index is 176. The van der Waals surface area contributed by atoms with Crippen molar-refractivity contribution in [2.75, 3.05) is 6.54 Å². The summed E-state index contributed by atoms with van der Waals surface area (Å²) in [6.07, 6.45) is 11.5. The summed E-state index contributed by atoms with van der Waals surface area (Å²) in [6.45, 7) is 3.42. The van der Waals surface area contributed by atoms with Crippen LogP contribution in [0.2, 0.25) is 0 Å². The minimum Gasteiger partial charge on any atom is -0.330 e. The standard InChI is InChI=1S/C12H23N/c1-11(5-3-2-4-6-11)9-12(10-13)7-8-12/h2-10,13H2,1H3. The fraction of sp³-hybridized carbons (Fsp3) is 1.00. The molecule has 2 rings (SSSR count). The molecule has 0 aromatic rings. The Morgan fingerprint density at radius 3 is 2.08 bits per heavy atom. The highest BCUT2D eigenvalue weighted by molar-refractivity contribution is 4.98. The van der Waals surface area contributed by atoms with Crippen molar-refractivity contribution in [1.29, 1.82) is 0 Å². The molecule has 0 aliphatic heterocycles. The normalized spacial score (nSPS) is 30.0. The maximum absolute atomic E-state index is 5.84. The van der Waals surface area contributed by atoms with E-state index in [0.717, 1.165) is 6.54 Å². The van der Waals surface area contributed by atoms with Crippen LogP contribution in [-0.4, -0.2) is 6.54 Å². The van der Waals surface area contributed by atoms with Crippen molar-refractivity contribution in [3.63, 3.8) is 0 Å². The summed E-state index contributed by atoms with van der Waals surface area (Å²) in [4.78, 5) is 0. The first kappa shape index (κ1) is 9.51. The molecule has 0 atom stereocenters. The second-order valence-corrected chi connectivity index (χ2v) is 5.75. The molecule has 0 radical (unpaired) electrons. The van der Waals surface area contributed by atoms with Crippen molar-refractivity contribution in [2.45, 2.75) is 58.3 Å². The van der Waals surface area contributed by atoms with Crippen molar-refractivity contribution in [3.05, 3.63) is 0 Å². The molecule has 0 saturated heterocycles. The summed E-state index contributed by atoms with van der Waals surface area (Å²) >= 11 is 0. The van der Waals surface area contributed by atoms with Gasteiger partial charge in [-0.05, 0) is 49.5 Å². The van der Waals surface area contributed by atoms with Crippen molar-refractivity contribution in [3.8, 4) is 0 Å². The summed E-state index contributed by atoms with van der Waals surface area (Å²) in [5.74, 6) is 0. The van der Waals surface area contributed by atoms with Gasteiger partial charge in [-0.15, -0.1) is 0 Å². The van der Waals surface area contributed by atoms with Gasteiger partial charge in [-0.2, -0.15) is 0 Å². The van der Waals surface area contributed by atoms with Crippen LogP contribution in [0.15, 0.2) is 0 Å². The highest BCUT2D eigenvalue weighted by Crippen LogP contribution is 2.55. The van der Waals surface area contributed by atoms with Gasteiger partial charge in [0.2, 0.25) is 0 Å². The molecule has 2 aliphatic carbocycles. The molecule has 2 N–H and O–H groups in total. The van der Waals surface area contributed by atoms with Gasteiger partial charge in [-0.25, -0.2) is 0 Å². The Hall–Kier alpha value is -0.0400. The van der Waals surface area contributed by atoms with E-state index in [1.54, 1.807) is 0 Å². The van der Waals surface area contributed by atoms with E-state index >= 15 is 0 Å². The smallest absolute Gasteiger partial charge is 0.00203 e. The molecule has 0 heterocycles. The first-order valence-corrected chi connectivity index (χ1v) is 5.88. The molecule has 0 spiro atoms. The van der Waals surface area contributed by atoms with Crippen LogP contribution in [0.4, 0.5) is 0 Å². The largest absolute Gasteiger partial charge is 0.330 e. The number of rotatable bonds is 3. The summed E-state index contributed by atoms with van der Waals surface area (Å²) in [5, 5.41) is 0. The summed E-state index contributed by atoms with van der Waals surface area (Å²) < 4.78 is 0. The van der Waals surface area contributed by atoms with E-state index in [2.05, 4.69) is 6.92 Å². The highest BCUT2D eigenvalue weighted by atomic mass is 14.7. The molecular weight excluding hydrogens is 158 g/mol. The Morgan fingerprint density at radius 2 is 1.62 bits per heavy atom. The zero-order chi connectivity index (χ0) is 9.36. The molecular formula is C12H23N. The van der Waals surface area contributed by atoms with Gasteiger partial charge >= 0.3 is 0 Å². The molecule has 0 unspecified atom stereocenters. The van der Waals surface area contributed by atoms with Crippen molar-refractivity contribution >= 4 is 0 Å². The van der Waals surface area contributed by atoms with E-state index in [0.29, 0.717) is 10.8 Å². The third kappa shape index (κ3) is 2.07. The lowest BCUT2D eigenvalue weighted by molar-refractivity contribution is 0.158. The van der Waals surface area contributed by atoms with E-state index in [-0.39, 0.29) is 0 Å². The van der Waals surface area contributed by atoms with E-state index in [9.17, 15) is 0 Å². The van der Waals surface area contributed by atoms with Crippen LogP contribution < -0.4 is 5.73 Å². The Kier molecular flexibility index (Phi) is 2.39. The van der Waals surface area contributed by atoms with Crippen LogP contribution in [0, 0.1) is 10.8 Å². The SMILES string of the molecule is CC1(CC2(CN)CC2)CCCCC1. The number of hydrogen-bond acceptors (Lipinski definition) is 1. The summed E-state index contributed by atoms with van der Waals surface area (Å²) in [7, 11) is 0. The van der Waals surface area contributed by atoms with Crippen LogP contribution in [0.3, 0.4) is 0 Å². The molecule has 0 aromatic heterocycles. The van der Waals surface area contributed by atoms with Gasteiger partial charge in [0.15, 0.2) is 0 Å². The summed E-state index contributed by atoms with van der Waals surface area (Å²) in [6, 6.07) is 0. The van der Waals surface area contributed by atoms with Crippen molar-refractivity contribution < 1.29 is 0 Å².